The number of amides is 1. The van der Waals surface area contributed by atoms with Crippen molar-refractivity contribution in [2.75, 3.05) is 11.9 Å². The molecule has 5 heteroatoms. The maximum atomic E-state index is 11.6. The number of aryl methyl sites for hydroxylation is 1. The molecule has 0 aliphatic carbocycles. The lowest BCUT2D eigenvalue weighted by atomic mass is 10.2. The molecule has 1 aromatic heterocycles. The van der Waals surface area contributed by atoms with Gasteiger partial charge in [0.05, 0.1) is 12.2 Å². The quantitative estimate of drug-likeness (QED) is 0.795. The van der Waals surface area contributed by atoms with Crippen LogP contribution in [0.1, 0.15) is 25.8 Å². The number of carbonyl (C=O) groups excluding carboxylic acids is 1. The molecular weight excluding hydrogens is 238 g/mol. The molecule has 1 aromatic rings. The minimum Gasteiger partial charge on any atom is -0.322 e. The first-order valence-corrected chi connectivity index (χ1v) is 6.06. The lowest BCUT2D eigenvalue weighted by Gasteiger charge is -2.12. The first kappa shape index (κ1) is 13.9. The molecule has 1 unspecified atom stereocenters. The SMILES string of the molecule is CCC(C)NCC(=O)Nc1cc(C)cnc1Cl. The van der Waals surface area contributed by atoms with Crippen molar-refractivity contribution in [2.24, 2.45) is 0 Å². The topological polar surface area (TPSA) is 54.0 Å². The second-order valence-electron chi connectivity index (χ2n) is 4.09. The van der Waals surface area contributed by atoms with Crippen molar-refractivity contribution in [1.29, 1.82) is 0 Å². The molecule has 1 rings (SSSR count). The number of nitrogens with zero attached hydrogens (tertiary/aromatic N) is 1. The number of hydrogen-bond acceptors (Lipinski definition) is 3. The Bertz CT molecular complexity index is 395. The van der Waals surface area contributed by atoms with Crippen LogP contribution in [0.4, 0.5) is 5.69 Å². The molecule has 0 aliphatic rings. The van der Waals surface area contributed by atoms with Gasteiger partial charge in [-0.05, 0) is 31.9 Å². The molecule has 4 nitrogen and oxygen atoms in total. The fraction of sp³-hybridized carbons (Fsp3) is 0.500. The second kappa shape index (κ2) is 6.57. The number of aromatic nitrogens is 1. The van der Waals surface area contributed by atoms with Crippen LogP contribution in [0.15, 0.2) is 12.3 Å². The van der Waals surface area contributed by atoms with Gasteiger partial charge in [-0.15, -0.1) is 0 Å². The normalized spacial score (nSPS) is 12.2. The average molecular weight is 256 g/mol. The van der Waals surface area contributed by atoms with Gasteiger partial charge < -0.3 is 10.6 Å². The van der Waals surface area contributed by atoms with Crippen molar-refractivity contribution in [3.8, 4) is 0 Å². The molecule has 0 radical (unpaired) electrons. The Hall–Kier alpha value is -1.13. The van der Waals surface area contributed by atoms with Gasteiger partial charge in [-0.2, -0.15) is 0 Å². The van der Waals surface area contributed by atoms with Crippen molar-refractivity contribution in [3.05, 3.63) is 23.0 Å². The number of rotatable bonds is 5. The van der Waals surface area contributed by atoms with E-state index in [0.29, 0.717) is 16.9 Å². The molecule has 17 heavy (non-hydrogen) atoms. The number of anilines is 1. The monoisotopic (exact) mass is 255 g/mol. The Morgan fingerprint density at radius 2 is 2.29 bits per heavy atom. The third kappa shape index (κ3) is 4.71. The summed E-state index contributed by atoms with van der Waals surface area (Å²) in [6, 6.07) is 2.13. The van der Waals surface area contributed by atoms with Crippen molar-refractivity contribution < 1.29 is 4.79 Å². The Morgan fingerprint density at radius 3 is 2.94 bits per heavy atom. The number of halogens is 1. The van der Waals surface area contributed by atoms with E-state index in [0.717, 1.165) is 12.0 Å². The Morgan fingerprint density at radius 1 is 1.59 bits per heavy atom. The molecule has 94 valence electrons. The number of carbonyl (C=O) groups is 1. The highest BCUT2D eigenvalue weighted by atomic mass is 35.5. The molecule has 0 aliphatic heterocycles. The minimum atomic E-state index is -0.111. The van der Waals surface area contributed by atoms with Gasteiger partial charge in [-0.25, -0.2) is 4.98 Å². The van der Waals surface area contributed by atoms with Crippen LogP contribution in [0.25, 0.3) is 0 Å². The zero-order chi connectivity index (χ0) is 12.8. The molecular formula is C12H18ClN3O. The lowest BCUT2D eigenvalue weighted by Crippen LogP contribution is -2.34. The van der Waals surface area contributed by atoms with Crippen LogP contribution in [-0.2, 0) is 4.79 Å². The fourth-order valence-electron chi connectivity index (χ4n) is 1.25. The Labute approximate surface area is 107 Å². The van der Waals surface area contributed by atoms with Gasteiger partial charge in [-0.3, -0.25) is 4.79 Å². The van der Waals surface area contributed by atoms with Gasteiger partial charge in [-0.1, -0.05) is 18.5 Å². The summed E-state index contributed by atoms with van der Waals surface area (Å²) < 4.78 is 0. The summed E-state index contributed by atoms with van der Waals surface area (Å²) in [5.41, 5.74) is 1.52. The molecule has 1 amide bonds. The fourth-order valence-corrected chi connectivity index (χ4v) is 1.40. The van der Waals surface area contributed by atoms with E-state index in [-0.39, 0.29) is 12.5 Å². The van der Waals surface area contributed by atoms with Crippen molar-refractivity contribution >= 4 is 23.2 Å². The molecule has 0 spiro atoms. The minimum absolute atomic E-state index is 0.111. The van der Waals surface area contributed by atoms with E-state index in [2.05, 4.69) is 22.5 Å². The third-order valence-corrected chi connectivity index (χ3v) is 2.77. The molecule has 1 atom stereocenters. The van der Waals surface area contributed by atoms with Crippen LogP contribution >= 0.6 is 11.6 Å². The van der Waals surface area contributed by atoms with Gasteiger partial charge in [0.25, 0.3) is 0 Å². The van der Waals surface area contributed by atoms with E-state index >= 15 is 0 Å². The van der Waals surface area contributed by atoms with E-state index in [1.807, 2.05) is 13.8 Å². The van der Waals surface area contributed by atoms with Gasteiger partial charge in [0.15, 0.2) is 5.15 Å². The van der Waals surface area contributed by atoms with E-state index in [1.54, 1.807) is 12.3 Å². The van der Waals surface area contributed by atoms with Crippen LogP contribution < -0.4 is 10.6 Å². The van der Waals surface area contributed by atoms with E-state index in [4.69, 9.17) is 11.6 Å². The van der Waals surface area contributed by atoms with Crippen molar-refractivity contribution in [2.45, 2.75) is 33.2 Å². The summed E-state index contributed by atoms with van der Waals surface area (Å²) in [7, 11) is 0. The summed E-state index contributed by atoms with van der Waals surface area (Å²) in [4.78, 5) is 15.6. The zero-order valence-corrected chi connectivity index (χ0v) is 11.1. The van der Waals surface area contributed by atoms with Crippen molar-refractivity contribution in [3.63, 3.8) is 0 Å². The second-order valence-corrected chi connectivity index (χ2v) is 4.45. The van der Waals surface area contributed by atoms with Crippen LogP contribution in [0.2, 0.25) is 5.15 Å². The van der Waals surface area contributed by atoms with Crippen molar-refractivity contribution in [1.82, 2.24) is 10.3 Å². The number of hydrogen-bond donors (Lipinski definition) is 2. The molecule has 0 saturated heterocycles. The molecule has 0 saturated carbocycles. The van der Waals surface area contributed by atoms with Gasteiger partial charge >= 0.3 is 0 Å². The lowest BCUT2D eigenvalue weighted by molar-refractivity contribution is -0.115. The largest absolute Gasteiger partial charge is 0.322 e. The summed E-state index contributed by atoms with van der Waals surface area (Å²) in [6.07, 6.45) is 2.65. The van der Waals surface area contributed by atoms with Gasteiger partial charge in [0.1, 0.15) is 0 Å². The highest BCUT2D eigenvalue weighted by Crippen LogP contribution is 2.19. The van der Waals surface area contributed by atoms with Gasteiger partial charge in [0.2, 0.25) is 5.91 Å². The van der Waals surface area contributed by atoms with Gasteiger partial charge in [0, 0.05) is 12.2 Å². The summed E-state index contributed by atoms with van der Waals surface area (Å²) in [5, 5.41) is 6.16. The standard InChI is InChI=1S/C12H18ClN3O/c1-4-9(3)14-7-11(17)16-10-5-8(2)6-15-12(10)13/h5-6,9,14H,4,7H2,1-3H3,(H,16,17). The first-order chi connectivity index (χ1) is 8.02. The van der Waals surface area contributed by atoms with E-state index in [9.17, 15) is 4.79 Å². The predicted octanol–water partition coefficient (Wildman–Crippen LogP) is 2.37. The number of nitrogens with one attached hydrogen (secondary N) is 2. The van der Waals surface area contributed by atoms with Crippen LogP contribution in [0.3, 0.4) is 0 Å². The molecule has 0 aromatic carbocycles. The molecule has 1 heterocycles. The Balaban J connectivity index is 2.53. The van der Waals surface area contributed by atoms with Crippen LogP contribution in [-0.4, -0.2) is 23.5 Å². The number of pyridine rings is 1. The summed E-state index contributed by atoms with van der Waals surface area (Å²) in [5.74, 6) is -0.111. The van der Waals surface area contributed by atoms with E-state index < -0.39 is 0 Å². The maximum absolute atomic E-state index is 11.6. The zero-order valence-electron chi connectivity index (χ0n) is 10.4. The highest BCUT2D eigenvalue weighted by molar-refractivity contribution is 6.32. The molecule has 0 bridgehead atoms. The van der Waals surface area contributed by atoms with Crippen LogP contribution in [0.5, 0.6) is 0 Å². The average Bonchev–Trinajstić information content (AvgIpc) is 2.30. The first-order valence-electron chi connectivity index (χ1n) is 5.68. The Kier molecular flexibility index (Phi) is 5.38. The smallest absolute Gasteiger partial charge is 0.238 e. The predicted molar refractivity (Wildman–Crippen MR) is 70.4 cm³/mol. The molecule has 2 N–H and O–H groups in total. The maximum Gasteiger partial charge on any atom is 0.238 e. The molecule has 0 fully saturated rings. The van der Waals surface area contributed by atoms with Crippen LogP contribution in [0, 0.1) is 6.92 Å². The third-order valence-electron chi connectivity index (χ3n) is 2.47. The summed E-state index contributed by atoms with van der Waals surface area (Å²) in [6.45, 7) is 6.28. The highest BCUT2D eigenvalue weighted by Gasteiger charge is 2.07. The summed E-state index contributed by atoms with van der Waals surface area (Å²) >= 11 is 5.88. The van der Waals surface area contributed by atoms with E-state index in [1.165, 1.54) is 0 Å².